The molecule has 3 aromatic rings. The lowest BCUT2D eigenvalue weighted by Gasteiger charge is -2.04. The maximum atomic E-state index is 12.0. The number of rotatable bonds is 4. The molecule has 7 heteroatoms. The number of hydrogen-bond acceptors (Lipinski definition) is 6. The second-order valence-corrected chi connectivity index (χ2v) is 5.50. The van der Waals surface area contributed by atoms with Gasteiger partial charge in [-0.05, 0) is 30.7 Å². The number of nitrogens with zero attached hydrogens (tertiary/aromatic N) is 2. The van der Waals surface area contributed by atoms with Gasteiger partial charge in [0.2, 0.25) is 5.82 Å². The zero-order valence-electron chi connectivity index (χ0n) is 12.7. The molecule has 0 unspecified atom stereocenters. The quantitative estimate of drug-likeness (QED) is 0.725. The van der Waals surface area contributed by atoms with Gasteiger partial charge in [0.15, 0.2) is 6.61 Å². The number of hydrogen-bond donors (Lipinski definition) is 1. The highest BCUT2D eigenvalue weighted by Gasteiger charge is 2.16. The van der Waals surface area contributed by atoms with E-state index in [1.54, 1.807) is 0 Å². The van der Waals surface area contributed by atoms with E-state index in [1.807, 2.05) is 31.2 Å². The highest BCUT2D eigenvalue weighted by molar-refractivity contribution is 6.31. The molecular formula is C17H13ClN2O4. The van der Waals surface area contributed by atoms with Crippen LogP contribution >= 0.6 is 11.6 Å². The number of benzene rings is 2. The molecule has 1 aromatic heterocycles. The molecule has 2 aromatic carbocycles. The van der Waals surface area contributed by atoms with E-state index in [0.29, 0.717) is 10.8 Å². The Morgan fingerprint density at radius 2 is 2.08 bits per heavy atom. The largest absolute Gasteiger partial charge is 0.507 e. The molecule has 1 N–H and O–H groups in total. The van der Waals surface area contributed by atoms with Crippen molar-refractivity contribution in [3.8, 4) is 17.1 Å². The fourth-order valence-electron chi connectivity index (χ4n) is 2.12. The summed E-state index contributed by atoms with van der Waals surface area (Å²) in [7, 11) is 0. The highest BCUT2D eigenvalue weighted by atomic mass is 35.5. The van der Waals surface area contributed by atoms with Crippen LogP contribution in [0.2, 0.25) is 5.02 Å². The average molecular weight is 345 g/mol. The molecule has 0 spiro atoms. The number of ether oxygens (including phenoxy) is 1. The molecule has 0 radical (unpaired) electrons. The third-order valence-electron chi connectivity index (χ3n) is 3.36. The van der Waals surface area contributed by atoms with Crippen molar-refractivity contribution < 1.29 is 19.2 Å². The van der Waals surface area contributed by atoms with Crippen molar-refractivity contribution in [3.63, 3.8) is 0 Å². The summed E-state index contributed by atoms with van der Waals surface area (Å²) >= 11 is 5.80. The first kappa shape index (κ1) is 16.0. The minimum Gasteiger partial charge on any atom is -0.507 e. The molecule has 0 fully saturated rings. The molecule has 0 bridgehead atoms. The van der Waals surface area contributed by atoms with Crippen LogP contribution < -0.4 is 0 Å². The Hall–Kier alpha value is -2.86. The first-order valence-corrected chi connectivity index (χ1v) is 7.46. The maximum absolute atomic E-state index is 12.0. The molecule has 0 atom stereocenters. The van der Waals surface area contributed by atoms with Crippen molar-refractivity contribution in [1.82, 2.24) is 10.1 Å². The van der Waals surface area contributed by atoms with Gasteiger partial charge in [0.25, 0.3) is 5.89 Å². The molecule has 1 heterocycles. The standard InChI is InChI=1S/C17H13ClN2O4/c1-10-4-2-3-5-12(10)16-19-15(24-20-16)9-23-17(22)13-8-11(18)6-7-14(13)21/h2-8,21H,9H2,1H3. The van der Waals surface area contributed by atoms with Crippen molar-refractivity contribution in [2.45, 2.75) is 13.5 Å². The van der Waals surface area contributed by atoms with Gasteiger partial charge in [-0.15, -0.1) is 0 Å². The van der Waals surface area contributed by atoms with E-state index in [2.05, 4.69) is 10.1 Å². The van der Waals surface area contributed by atoms with Crippen LogP contribution in [0.3, 0.4) is 0 Å². The molecule has 0 aliphatic carbocycles. The second-order valence-electron chi connectivity index (χ2n) is 5.06. The molecule has 0 saturated heterocycles. The van der Waals surface area contributed by atoms with Crippen molar-refractivity contribution in [1.29, 1.82) is 0 Å². The van der Waals surface area contributed by atoms with Crippen LogP contribution in [0.5, 0.6) is 5.75 Å². The number of phenols is 1. The Morgan fingerprint density at radius 1 is 1.29 bits per heavy atom. The van der Waals surface area contributed by atoms with Gasteiger partial charge in [-0.1, -0.05) is 41.0 Å². The van der Waals surface area contributed by atoms with Gasteiger partial charge in [-0.25, -0.2) is 4.79 Å². The Bertz CT molecular complexity index is 892. The number of aromatic nitrogens is 2. The molecule has 0 aliphatic heterocycles. The smallest absolute Gasteiger partial charge is 0.342 e. The summed E-state index contributed by atoms with van der Waals surface area (Å²) in [6, 6.07) is 11.7. The summed E-state index contributed by atoms with van der Waals surface area (Å²) in [6.07, 6.45) is 0. The van der Waals surface area contributed by atoms with Crippen LogP contribution in [0.1, 0.15) is 21.8 Å². The van der Waals surface area contributed by atoms with Crippen LogP contribution in [0.25, 0.3) is 11.4 Å². The molecule has 24 heavy (non-hydrogen) atoms. The van der Waals surface area contributed by atoms with Gasteiger partial charge in [-0.3, -0.25) is 0 Å². The summed E-state index contributed by atoms with van der Waals surface area (Å²) in [5.41, 5.74) is 1.82. The van der Waals surface area contributed by atoms with E-state index in [4.69, 9.17) is 20.9 Å². The Morgan fingerprint density at radius 3 is 2.88 bits per heavy atom. The second kappa shape index (κ2) is 6.72. The van der Waals surface area contributed by atoms with Gasteiger partial charge in [0.1, 0.15) is 11.3 Å². The number of esters is 1. The molecule has 0 saturated carbocycles. The van der Waals surface area contributed by atoms with Gasteiger partial charge < -0.3 is 14.4 Å². The summed E-state index contributed by atoms with van der Waals surface area (Å²) in [6.45, 7) is 1.73. The first-order valence-electron chi connectivity index (χ1n) is 7.09. The van der Waals surface area contributed by atoms with Crippen molar-refractivity contribution >= 4 is 17.6 Å². The van der Waals surface area contributed by atoms with Crippen LogP contribution in [0.15, 0.2) is 47.0 Å². The van der Waals surface area contributed by atoms with Crippen LogP contribution in [-0.2, 0) is 11.3 Å². The fourth-order valence-corrected chi connectivity index (χ4v) is 2.30. The number of carbonyl (C=O) groups excluding carboxylic acids is 1. The van der Waals surface area contributed by atoms with Gasteiger partial charge in [0, 0.05) is 10.6 Å². The minimum atomic E-state index is -0.731. The van der Waals surface area contributed by atoms with Gasteiger partial charge in [0.05, 0.1) is 0 Å². The van der Waals surface area contributed by atoms with Crippen molar-refractivity contribution in [3.05, 3.63) is 64.5 Å². The Kier molecular flexibility index (Phi) is 4.48. The third-order valence-corrected chi connectivity index (χ3v) is 3.59. The number of aromatic hydroxyl groups is 1. The topological polar surface area (TPSA) is 85.5 Å². The zero-order chi connectivity index (χ0) is 17.1. The third kappa shape index (κ3) is 3.38. The first-order chi connectivity index (χ1) is 11.5. The summed E-state index contributed by atoms with van der Waals surface area (Å²) in [5, 5.41) is 13.9. The van der Waals surface area contributed by atoms with E-state index in [-0.39, 0.29) is 23.8 Å². The van der Waals surface area contributed by atoms with E-state index in [1.165, 1.54) is 18.2 Å². The van der Waals surface area contributed by atoms with Crippen molar-refractivity contribution in [2.24, 2.45) is 0 Å². The van der Waals surface area contributed by atoms with Gasteiger partial charge >= 0.3 is 5.97 Å². The van der Waals surface area contributed by atoms with Gasteiger partial charge in [-0.2, -0.15) is 4.98 Å². The number of aryl methyl sites for hydroxylation is 1. The Labute approximate surface area is 142 Å². The number of phenolic OH excluding ortho intramolecular Hbond substituents is 1. The minimum absolute atomic E-state index is 0.0267. The molecule has 6 nitrogen and oxygen atoms in total. The van der Waals surface area contributed by atoms with E-state index >= 15 is 0 Å². The van der Waals surface area contributed by atoms with Crippen LogP contribution in [0, 0.1) is 6.92 Å². The Balaban J connectivity index is 1.71. The highest BCUT2D eigenvalue weighted by Crippen LogP contribution is 2.23. The summed E-state index contributed by atoms with van der Waals surface area (Å²) in [4.78, 5) is 16.2. The lowest BCUT2D eigenvalue weighted by atomic mass is 10.1. The predicted molar refractivity (Wildman–Crippen MR) is 86.7 cm³/mol. The molecule has 3 rings (SSSR count). The zero-order valence-corrected chi connectivity index (χ0v) is 13.4. The molecule has 0 aliphatic rings. The number of carbonyl (C=O) groups is 1. The monoisotopic (exact) mass is 344 g/mol. The molecule has 0 amide bonds. The number of halogens is 1. The lowest BCUT2D eigenvalue weighted by molar-refractivity contribution is 0.0426. The predicted octanol–water partition coefficient (Wildman–Crippen LogP) is 3.76. The summed E-state index contributed by atoms with van der Waals surface area (Å²) in [5.74, 6) is -0.367. The van der Waals surface area contributed by atoms with E-state index in [9.17, 15) is 9.90 Å². The van der Waals surface area contributed by atoms with Crippen molar-refractivity contribution in [2.75, 3.05) is 0 Å². The van der Waals surface area contributed by atoms with Crippen LogP contribution in [-0.4, -0.2) is 21.2 Å². The van der Waals surface area contributed by atoms with E-state index < -0.39 is 5.97 Å². The molecular weight excluding hydrogens is 332 g/mol. The van der Waals surface area contributed by atoms with Crippen LogP contribution in [0.4, 0.5) is 0 Å². The normalized spacial score (nSPS) is 10.6. The lowest BCUT2D eigenvalue weighted by Crippen LogP contribution is -2.05. The summed E-state index contributed by atoms with van der Waals surface area (Å²) < 4.78 is 10.2. The fraction of sp³-hybridized carbons (Fsp3) is 0.118. The molecule has 122 valence electrons. The van der Waals surface area contributed by atoms with E-state index in [0.717, 1.165) is 11.1 Å². The average Bonchev–Trinajstić information content (AvgIpc) is 3.04. The maximum Gasteiger partial charge on any atom is 0.342 e. The SMILES string of the molecule is Cc1ccccc1-c1noc(COC(=O)c2cc(Cl)ccc2O)n1.